The van der Waals surface area contributed by atoms with Gasteiger partial charge in [-0.15, -0.1) is 0 Å². The number of amides is 2. The number of carbonyl (C=O) groups is 2. The lowest BCUT2D eigenvalue weighted by Gasteiger charge is -2.23. The highest BCUT2D eigenvalue weighted by atomic mass is 35.5. The topological polar surface area (TPSA) is 78.4 Å². The van der Waals surface area contributed by atoms with Crippen molar-refractivity contribution < 1.29 is 14.7 Å². The fraction of sp³-hybridized carbons (Fsp3) is 0.467. The van der Waals surface area contributed by atoms with Crippen LogP contribution in [0.3, 0.4) is 0 Å². The van der Waals surface area contributed by atoms with E-state index in [4.69, 9.17) is 16.7 Å². The number of aromatic carboxylic acids is 1. The SMILES string of the molecule is CC1(CNC(=O)Nc2cc(Cl)cc(C(=O)O)c2)CCCC1. The van der Waals surface area contributed by atoms with Crippen LogP contribution in [-0.2, 0) is 0 Å². The predicted molar refractivity (Wildman–Crippen MR) is 82.0 cm³/mol. The molecular weight excluding hydrogens is 292 g/mol. The van der Waals surface area contributed by atoms with Gasteiger partial charge in [-0.2, -0.15) is 0 Å². The van der Waals surface area contributed by atoms with Crippen LogP contribution in [0.2, 0.25) is 5.02 Å². The molecule has 0 aromatic heterocycles. The van der Waals surface area contributed by atoms with Crippen LogP contribution >= 0.6 is 11.6 Å². The van der Waals surface area contributed by atoms with Gasteiger partial charge in [0, 0.05) is 17.3 Å². The summed E-state index contributed by atoms with van der Waals surface area (Å²) in [5.41, 5.74) is 0.576. The summed E-state index contributed by atoms with van der Waals surface area (Å²) in [6.07, 6.45) is 4.65. The predicted octanol–water partition coefficient (Wildman–Crippen LogP) is 3.74. The van der Waals surface area contributed by atoms with E-state index in [2.05, 4.69) is 17.6 Å². The van der Waals surface area contributed by atoms with Crippen LogP contribution in [0.15, 0.2) is 18.2 Å². The number of nitrogens with one attached hydrogen (secondary N) is 2. The summed E-state index contributed by atoms with van der Waals surface area (Å²) in [5.74, 6) is -1.08. The van der Waals surface area contributed by atoms with Crippen molar-refractivity contribution >= 4 is 29.3 Å². The maximum atomic E-state index is 11.9. The maximum Gasteiger partial charge on any atom is 0.335 e. The Kier molecular flexibility index (Phi) is 4.73. The number of carbonyl (C=O) groups excluding carboxylic acids is 1. The molecule has 0 unspecified atom stereocenters. The van der Waals surface area contributed by atoms with E-state index in [-0.39, 0.29) is 22.0 Å². The largest absolute Gasteiger partial charge is 0.478 e. The number of halogens is 1. The Morgan fingerprint density at radius 3 is 2.57 bits per heavy atom. The second-order valence-corrected chi connectivity index (χ2v) is 6.30. The first kappa shape index (κ1) is 15.6. The Morgan fingerprint density at radius 1 is 1.29 bits per heavy atom. The molecule has 1 aliphatic rings. The normalized spacial score (nSPS) is 16.5. The lowest BCUT2D eigenvalue weighted by molar-refractivity contribution is 0.0697. The number of urea groups is 1. The van der Waals surface area contributed by atoms with Crippen molar-refractivity contribution in [2.75, 3.05) is 11.9 Å². The molecule has 5 nitrogen and oxygen atoms in total. The molecule has 0 heterocycles. The van der Waals surface area contributed by atoms with Gasteiger partial charge >= 0.3 is 12.0 Å². The number of hydrogen-bond acceptors (Lipinski definition) is 2. The minimum Gasteiger partial charge on any atom is -0.478 e. The highest BCUT2D eigenvalue weighted by molar-refractivity contribution is 6.31. The molecule has 0 atom stereocenters. The quantitative estimate of drug-likeness (QED) is 0.792. The van der Waals surface area contributed by atoms with Gasteiger partial charge < -0.3 is 15.7 Å². The van der Waals surface area contributed by atoms with Crippen LogP contribution in [0.4, 0.5) is 10.5 Å². The van der Waals surface area contributed by atoms with E-state index in [0.717, 1.165) is 12.8 Å². The lowest BCUT2D eigenvalue weighted by Crippen LogP contribution is -2.36. The summed E-state index contributed by atoms with van der Waals surface area (Å²) in [5, 5.41) is 14.7. The summed E-state index contributed by atoms with van der Waals surface area (Å²) < 4.78 is 0. The van der Waals surface area contributed by atoms with Crippen LogP contribution in [0.25, 0.3) is 0 Å². The zero-order valence-corrected chi connectivity index (χ0v) is 12.7. The summed E-state index contributed by atoms with van der Waals surface area (Å²) in [6.45, 7) is 2.79. The Hall–Kier alpha value is -1.75. The van der Waals surface area contributed by atoms with Crippen molar-refractivity contribution in [1.29, 1.82) is 0 Å². The lowest BCUT2D eigenvalue weighted by atomic mass is 9.89. The molecule has 1 saturated carbocycles. The molecule has 21 heavy (non-hydrogen) atoms. The number of hydrogen-bond donors (Lipinski definition) is 3. The highest BCUT2D eigenvalue weighted by Crippen LogP contribution is 2.36. The Bertz CT molecular complexity index is 554. The van der Waals surface area contributed by atoms with Crippen LogP contribution in [0.5, 0.6) is 0 Å². The van der Waals surface area contributed by atoms with Crippen molar-refractivity contribution in [2.45, 2.75) is 32.6 Å². The van der Waals surface area contributed by atoms with Gasteiger partial charge in [-0.3, -0.25) is 0 Å². The third-order valence-electron chi connectivity index (χ3n) is 3.89. The third-order valence-corrected chi connectivity index (χ3v) is 4.11. The van der Waals surface area contributed by atoms with E-state index < -0.39 is 5.97 Å². The van der Waals surface area contributed by atoms with Gasteiger partial charge in [0.2, 0.25) is 0 Å². The molecule has 1 aromatic carbocycles. The van der Waals surface area contributed by atoms with E-state index in [1.807, 2.05) is 0 Å². The Balaban J connectivity index is 1.94. The minimum absolute atomic E-state index is 0.0422. The van der Waals surface area contributed by atoms with Gasteiger partial charge in [0.15, 0.2) is 0 Å². The second-order valence-electron chi connectivity index (χ2n) is 5.86. The van der Waals surface area contributed by atoms with Crippen LogP contribution in [0.1, 0.15) is 43.0 Å². The highest BCUT2D eigenvalue weighted by Gasteiger charge is 2.28. The first-order valence-corrected chi connectivity index (χ1v) is 7.35. The Morgan fingerprint density at radius 2 is 1.95 bits per heavy atom. The molecule has 0 spiro atoms. The van der Waals surface area contributed by atoms with E-state index in [0.29, 0.717) is 12.2 Å². The summed E-state index contributed by atoms with van der Waals surface area (Å²) in [7, 11) is 0. The fourth-order valence-electron chi connectivity index (χ4n) is 2.66. The van der Waals surface area contributed by atoms with E-state index in [1.165, 1.54) is 31.0 Å². The van der Waals surface area contributed by atoms with Crippen molar-refractivity contribution in [3.63, 3.8) is 0 Å². The van der Waals surface area contributed by atoms with Gasteiger partial charge in [-0.25, -0.2) is 9.59 Å². The number of carboxylic acids is 1. The number of anilines is 1. The molecule has 114 valence electrons. The maximum absolute atomic E-state index is 11.9. The third kappa shape index (κ3) is 4.36. The minimum atomic E-state index is -1.08. The molecule has 2 amide bonds. The van der Waals surface area contributed by atoms with Crippen LogP contribution < -0.4 is 10.6 Å². The second kappa shape index (κ2) is 6.35. The molecule has 0 radical (unpaired) electrons. The molecular formula is C15H19ClN2O3. The molecule has 1 aliphatic carbocycles. The zero-order valence-electron chi connectivity index (χ0n) is 11.9. The van der Waals surface area contributed by atoms with Gasteiger partial charge in [-0.1, -0.05) is 31.4 Å². The zero-order chi connectivity index (χ0) is 15.5. The molecule has 0 aliphatic heterocycles. The molecule has 0 bridgehead atoms. The molecule has 2 rings (SSSR count). The van der Waals surface area contributed by atoms with Crippen LogP contribution in [0, 0.1) is 5.41 Å². The van der Waals surface area contributed by atoms with E-state index in [9.17, 15) is 9.59 Å². The average Bonchev–Trinajstić information content (AvgIpc) is 2.83. The van der Waals surface area contributed by atoms with Crippen molar-refractivity contribution in [1.82, 2.24) is 5.32 Å². The molecule has 1 fully saturated rings. The summed E-state index contributed by atoms with van der Waals surface area (Å²) in [4.78, 5) is 22.8. The summed E-state index contributed by atoms with van der Waals surface area (Å²) in [6, 6.07) is 3.89. The smallest absolute Gasteiger partial charge is 0.335 e. The average molecular weight is 311 g/mol. The van der Waals surface area contributed by atoms with Gasteiger partial charge in [0.1, 0.15) is 0 Å². The van der Waals surface area contributed by atoms with Crippen molar-refractivity contribution in [3.8, 4) is 0 Å². The standard InChI is InChI=1S/C15H19ClN2O3/c1-15(4-2-3-5-15)9-17-14(21)18-12-7-10(13(19)20)6-11(16)8-12/h6-8H,2-5,9H2,1H3,(H,19,20)(H2,17,18,21). The fourth-order valence-corrected chi connectivity index (χ4v) is 2.89. The van der Waals surface area contributed by atoms with E-state index >= 15 is 0 Å². The monoisotopic (exact) mass is 310 g/mol. The number of benzene rings is 1. The first-order valence-electron chi connectivity index (χ1n) is 6.97. The number of carboxylic acid groups (broad SMARTS) is 1. The molecule has 1 aromatic rings. The molecule has 6 heteroatoms. The summed E-state index contributed by atoms with van der Waals surface area (Å²) >= 11 is 5.85. The van der Waals surface area contributed by atoms with Gasteiger partial charge in [-0.05, 0) is 36.5 Å². The van der Waals surface area contributed by atoms with Crippen LogP contribution in [-0.4, -0.2) is 23.7 Å². The van der Waals surface area contributed by atoms with Gasteiger partial charge in [0.05, 0.1) is 5.56 Å². The molecule has 3 N–H and O–H groups in total. The van der Waals surface area contributed by atoms with Crippen molar-refractivity contribution in [3.05, 3.63) is 28.8 Å². The van der Waals surface area contributed by atoms with Crippen molar-refractivity contribution in [2.24, 2.45) is 5.41 Å². The Labute approximate surface area is 128 Å². The van der Waals surface area contributed by atoms with E-state index in [1.54, 1.807) is 0 Å². The first-order chi connectivity index (χ1) is 9.88. The molecule has 0 saturated heterocycles. The van der Waals surface area contributed by atoms with Gasteiger partial charge in [0.25, 0.3) is 0 Å². The number of rotatable bonds is 4.